The summed E-state index contributed by atoms with van der Waals surface area (Å²) in [6.07, 6.45) is 0. The van der Waals surface area contributed by atoms with Gasteiger partial charge in [-0.3, -0.25) is 9.69 Å². The first-order chi connectivity index (χ1) is 13.0. The molecule has 1 fully saturated rings. The highest BCUT2D eigenvalue weighted by atomic mass is 35.5. The second-order valence-electron chi connectivity index (χ2n) is 7.11. The SMILES string of the molecule is COc1ccc(-c2noc(CN3CCN(C(=O)[C@@H](N)C(C)C)CC3)n2)cc1.Cl. The van der Waals surface area contributed by atoms with Crippen molar-refractivity contribution < 1.29 is 14.1 Å². The van der Waals surface area contributed by atoms with Crippen molar-refractivity contribution in [2.75, 3.05) is 33.3 Å². The number of nitrogens with two attached hydrogens (primary N) is 1. The molecule has 1 aliphatic heterocycles. The number of carbonyl (C=O) groups is 1. The van der Waals surface area contributed by atoms with E-state index in [0.29, 0.717) is 31.3 Å². The molecule has 28 heavy (non-hydrogen) atoms. The van der Waals surface area contributed by atoms with E-state index in [0.717, 1.165) is 24.4 Å². The zero-order valence-electron chi connectivity index (χ0n) is 16.5. The van der Waals surface area contributed by atoms with Crippen LogP contribution in [0.1, 0.15) is 19.7 Å². The van der Waals surface area contributed by atoms with Crippen molar-refractivity contribution in [3.63, 3.8) is 0 Å². The summed E-state index contributed by atoms with van der Waals surface area (Å²) in [5, 5.41) is 4.06. The zero-order valence-corrected chi connectivity index (χ0v) is 17.3. The normalized spacial score (nSPS) is 16.0. The first-order valence-corrected chi connectivity index (χ1v) is 9.21. The van der Waals surface area contributed by atoms with E-state index in [1.807, 2.05) is 43.0 Å². The summed E-state index contributed by atoms with van der Waals surface area (Å²) in [4.78, 5) is 20.9. The third kappa shape index (κ3) is 5.21. The van der Waals surface area contributed by atoms with Crippen LogP contribution in [-0.2, 0) is 11.3 Å². The molecule has 2 heterocycles. The summed E-state index contributed by atoms with van der Waals surface area (Å²) < 4.78 is 10.5. The molecule has 154 valence electrons. The van der Waals surface area contributed by atoms with E-state index in [9.17, 15) is 4.79 Å². The molecule has 0 unspecified atom stereocenters. The molecule has 2 aromatic rings. The van der Waals surface area contributed by atoms with E-state index in [4.69, 9.17) is 15.0 Å². The van der Waals surface area contributed by atoms with Gasteiger partial charge in [0.15, 0.2) is 0 Å². The molecule has 8 nitrogen and oxygen atoms in total. The van der Waals surface area contributed by atoms with Crippen LogP contribution in [0.15, 0.2) is 28.8 Å². The van der Waals surface area contributed by atoms with E-state index in [1.165, 1.54) is 0 Å². The molecule has 0 bridgehead atoms. The minimum absolute atomic E-state index is 0. The lowest BCUT2D eigenvalue weighted by molar-refractivity contribution is -0.135. The van der Waals surface area contributed by atoms with Crippen LogP contribution in [-0.4, -0.2) is 65.2 Å². The summed E-state index contributed by atoms with van der Waals surface area (Å²) in [5.41, 5.74) is 6.86. The quantitative estimate of drug-likeness (QED) is 0.776. The highest BCUT2D eigenvalue weighted by molar-refractivity contribution is 5.85. The van der Waals surface area contributed by atoms with Crippen molar-refractivity contribution in [3.05, 3.63) is 30.2 Å². The van der Waals surface area contributed by atoms with E-state index in [1.54, 1.807) is 7.11 Å². The summed E-state index contributed by atoms with van der Waals surface area (Å²) in [5.74, 6) is 2.09. The molecule has 0 aliphatic carbocycles. The maximum Gasteiger partial charge on any atom is 0.241 e. The van der Waals surface area contributed by atoms with E-state index < -0.39 is 6.04 Å². The van der Waals surface area contributed by atoms with Gasteiger partial charge in [-0.1, -0.05) is 19.0 Å². The monoisotopic (exact) mass is 409 g/mol. The third-order valence-electron chi connectivity index (χ3n) is 4.86. The predicted octanol–water partition coefficient (Wildman–Crippen LogP) is 1.79. The molecule has 3 rings (SSSR count). The molecule has 2 N–H and O–H groups in total. The van der Waals surface area contributed by atoms with Gasteiger partial charge in [-0.05, 0) is 30.2 Å². The Balaban J connectivity index is 0.00000280. The highest BCUT2D eigenvalue weighted by Gasteiger charge is 2.27. The lowest BCUT2D eigenvalue weighted by Crippen LogP contribution is -2.54. The van der Waals surface area contributed by atoms with Crippen molar-refractivity contribution in [1.82, 2.24) is 19.9 Å². The van der Waals surface area contributed by atoms with Gasteiger partial charge in [0.05, 0.1) is 19.7 Å². The van der Waals surface area contributed by atoms with Crippen LogP contribution in [0.4, 0.5) is 0 Å². The largest absolute Gasteiger partial charge is 0.497 e. The number of methoxy groups -OCH3 is 1. The Kier molecular flexibility index (Phi) is 7.79. The third-order valence-corrected chi connectivity index (χ3v) is 4.86. The Bertz CT molecular complexity index is 757. The molecule has 0 spiro atoms. The van der Waals surface area contributed by atoms with Crippen molar-refractivity contribution in [2.45, 2.75) is 26.4 Å². The van der Waals surface area contributed by atoms with Gasteiger partial charge in [0.25, 0.3) is 0 Å². The number of halogens is 1. The topological polar surface area (TPSA) is 97.7 Å². The van der Waals surface area contributed by atoms with Crippen LogP contribution in [0.5, 0.6) is 5.75 Å². The maximum absolute atomic E-state index is 12.3. The maximum atomic E-state index is 12.3. The molecule has 1 aliphatic rings. The molecule has 1 aromatic carbocycles. The summed E-state index contributed by atoms with van der Waals surface area (Å²) in [7, 11) is 1.63. The Morgan fingerprint density at radius 2 is 1.86 bits per heavy atom. The Hall–Kier alpha value is -2.16. The molecule has 0 saturated carbocycles. The lowest BCUT2D eigenvalue weighted by atomic mass is 10.0. The first kappa shape index (κ1) is 22.1. The predicted molar refractivity (Wildman–Crippen MR) is 108 cm³/mol. The van der Waals surface area contributed by atoms with Crippen molar-refractivity contribution in [1.29, 1.82) is 0 Å². The number of hydrogen-bond donors (Lipinski definition) is 1. The molecule has 1 aromatic heterocycles. The van der Waals surface area contributed by atoms with Crippen LogP contribution in [0, 0.1) is 5.92 Å². The number of benzene rings is 1. The molecule has 9 heteroatoms. The van der Waals surface area contributed by atoms with Gasteiger partial charge in [0, 0.05) is 31.7 Å². The fraction of sp³-hybridized carbons (Fsp3) is 0.526. The second kappa shape index (κ2) is 9.86. The van der Waals surface area contributed by atoms with E-state index in [2.05, 4.69) is 15.0 Å². The van der Waals surface area contributed by atoms with Crippen LogP contribution >= 0.6 is 12.4 Å². The summed E-state index contributed by atoms with van der Waals surface area (Å²) in [6, 6.07) is 7.10. The number of piperazine rings is 1. The standard InChI is InChI=1S/C19H27N5O3.ClH/c1-13(2)17(20)19(25)24-10-8-23(9-11-24)12-16-21-18(22-27-16)14-4-6-15(26-3)7-5-14;/h4-7,13,17H,8-12,20H2,1-3H3;1H/t17-;/m0./s1. The van der Waals surface area contributed by atoms with Crippen molar-refractivity contribution in [3.8, 4) is 17.1 Å². The number of amides is 1. The summed E-state index contributed by atoms with van der Waals surface area (Å²) >= 11 is 0. The summed E-state index contributed by atoms with van der Waals surface area (Å²) in [6.45, 7) is 7.36. The lowest BCUT2D eigenvalue weighted by Gasteiger charge is -2.35. The van der Waals surface area contributed by atoms with Gasteiger partial charge in [-0.15, -0.1) is 12.4 Å². The zero-order chi connectivity index (χ0) is 19.4. The van der Waals surface area contributed by atoms with Gasteiger partial charge < -0.3 is 19.9 Å². The second-order valence-corrected chi connectivity index (χ2v) is 7.11. The van der Waals surface area contributed by atoms with Gasteiger partial charge in [0.1, 0.15) is 5.75 Å². The average Bonchev–Trinajstić information content (AvgIpc) is 3.16. The number of aromatic nitrogens is 2. The fourth-order valence-electron chi connectivity index (χ4n) is 2.99. The van der Waals surface area contributed by atoms with Gasteiger partial charge in [-0.2, -0.15) is 4.98 Å². The smallest absolute Gasteiger partial charge is 0.241 e. The number of rotatable bonds is 6. The van der Waals surface area contributed by atoms with Crippen LogP contribution in [0.3, 0.4) is 0 Å². The van der Waals surface area contributed by atoms with Gasteiger partial charge >= 0.3 is 0 Å². The number of nitrogens with zero attached hydrogens (tertiary/aromatic N) is 4. The van der Waals surface area contributed by atoms with Crippen molar-refractivity contribution in [2.24, 2.45) is 11.7 Å². The Labute approximate surface area is 171 Å². The van der Waals surface area contributed by atoms with Crippen molar-refractivity contribution >= 4 is 18.3 Å². The van der Waals surface area contributed by atoms with Gasteiger partial charge in [0.2, 0.25) is 17.6 Å². The molecular formula is C19H28ClN5O3. The molecule has 0 radical (unpaired) electrons. The number of hydrogen-bond acceptors (Lipinski definition) is 7. The van der Waals surface area contributed by atoms with E-state index >= 15 is 0 Å². The Morgan fingerprint density at radius 3 is 2.43 bits per heavy atom. The molecule has 1 amide bonds. The molecule has 1 saturated heterocycles. The average molecular weight is 410 g/mol. The number of carbonyl (C=O) groups excluding carboxylic acids is 1. The minimum atomic E-state index is -0.431. The van der Waals surface area contributed by atoms with Crippen LogP contribution in [0.25, 0.3) is 11.4 Å². The fourth-order valence-corrected chi connectivity index (χ4v) is 2.99. The van der Waals surface area contributed by atoms with E-state index in [-0.39, 0.29) is 24.2 Å². The minimum Gasteiger partial charge on any atom is -0.497 e. The first-order valence-electron chi connectivity index (χ1n) is 9.21. The van der Waals surface area contributed by atoms with Gasteiger partial charge in [-0.25, -0.2) is 0 Å². The number of ether oxygens (including phenoxy) is 1. The highest BCUT2D eigenvalue weighted by Crippen LogP contribution is 2.20. The van der Waals surface area contributed by atoms with Crippen LogP contribution in [0.2, 0.25) is 0 Å². The Morgan fingerprint density at radius 1 is 1.21 bits per heavy atom. The molecule has 1 atom stereocenters. The molecular weight excluding hydrogens is 382 g/mol. The van der Waals surface area contributed by atoms with Crippen LogP contribution < -0.4 is 10.5 Å².